The number of carbonyl (C=O) groups excluding carboxylic acids is 2. The molecule has 0 aliphatic heterocycles. The Morgan fingerprint density at radius 3 is 2.38 bits per heavy atom. The predicted octanol–water partition coefficient (Wildman–Crippen LogP) is -0.116. The highest BCUT2D eigenvalue weighted by Gasteiger charge is 2.25. The van der Waals surface area contributed by atoms with E-state index in [0.717, 1.165) is 25.7 Å². The highest BCUT2D eigenvalue weighted by molar-refractivity contribution is 5.80. The van der Waals surface area contributed by atoms with E-state index in [1.807, 2.05) is 0 Å². The molecule has 1 aliphatic carbocycles. The number of nitrogens with one attached hydrogen (secondary N) is 1. The maximum atomic E-state index is 11.8. The Morgan fingerprint density at radius 1 is 1.31 bits per heavy atom. The summed E-state index contributed by atoms with van der Waals surface area (Å²) in [4.78, 5) is 22.5. The number of hydrogen-bond acceptors (Lipinski definition) is 3. The van der Waals surface area contributed by atoms with Crippen molar-refractivity contribution in [2.75, 3.05) is 0 Å². The van der Waals surface area contributed by atoms with Crippen LogP contribution in [0, 0.1) is 5.92 Å². The lowest BCUT2D eigenvalue weighted by Crippen LogP contribution is -2.41. The highest BCUT2D eigenvalue weighted by Crippen LogP contribution is 2.23. The number of hydrogen-bond donors (Lipinski definition) is 3. The minimum Gasteiger partial charge on any atom is -0.370 e. The van der Waals surface area contributed by atoms with Crippen LogP contribution in [0.25, 0.3) is 0 Å². The molecule has 0 aromatic heterocycles. The van der Waals surface area contributed by atoms with Gasteiger partial charge in [0.05, 0.1) is 0 Å². The predicted molar refractivity (Wildman–Crippen MR) is 61.3 cm³/mol. The normalized spacial score (nSPS) is 27.1. The SMILES string of the molecule is CC(CC(N)=O)NC(=O)C1CCC(N)CC1. The molecule has 1 fully saturated rings. The molecule has 5 N–H and O–H groups in total. The second kappa shape index (κ2) is 5.84. The molecule has 0 heterocycles. The molecule has 1 aliphatic rings. The average molecular weight is 227 g/mol. The van der Waals surface area contributed by atoms with E-state index in [1.54, 1.807) is 6.92 Å². The summed E-state index contributed by atoms with van der Waals surface area (Å²) >= 11 is 0. The van der Waals surface area contributed by atoms with Crippen molar-refractivity contribution in [3.8, 4) is 0 Å². The molecule has 0 aromatic rings. The first-order valence-electron chi connectivity index (χ1n) is 5.83. The standard InChI is InChI=1S/C11H21N3O2/c1-7(6-10(13)15)14-11(16)8-2-4-9(12)5-3-8/h7-9H,2-6,12H2,1H3,(H2,13,15)(H,14,16). The van der Waals surface area contributed by atoms with Crippen LogP contribution in [0.4, 0.5) is 0 Å². The number of carbonyl (C=O) groups is 2. The van der Waals surface area contributed by atoms with Gasteiger partial charge in [0.1, 0.15) is 0 Å². The Bertz CT molecular complexity index is 260. The zero-order chi connectivity index (χ0) is 12.1. The van der Waals surface area contributed by atoms with Gasteiger partial charge < -0.3 is 16.8 Å². The minimum absolute atomic E-state index is 0.0284. The van der Waals surface area contributed by atoms with Crippen molar-refractivity contribution < 1.29 is 9.59 Å². The molecule has 0 saturated heterocycles. The number of amides is 2. The third-order valence-corrected chi connectivity index (χ3v) is 3.04. The van der Waals surface area contributed by atoms with Crippen molar-refractivity contribution >= 4 is 11.8 Å². The van der Waals surface area contributed by atoms with Crippen LogP contribution in [0.5, 0.6) is 0 Å². The summed E-state index contributed by atoms with van der Waals surface area (Å²) in [5.74, 6) is -0.311. The van der Waals surface area contributed by atoms with Gasteiger partial charge in [0.15, 0.2) is 0 Å². The summed E-state index contributed by atoms with van der Waals surface area (Å²) in [7, 11) is 0. The van der Waals surface area contributed by atoms with Crippen LogP contribution >= 0.6 is 0 Å². The zero-order valence-corrected chi connectivity index (χ0v) is 9.74. The van der Waals surface area contributed by atoms with E-state index in [9.17, 15) is 9.59 Å². The molecule has 1 unspecified atom stereocenters. The van der Waals surface area contributed by atoms with Gasteiger partial charge in [-0.05, 0) is 32.6 Å². The molecule has 0 bridgehead atoms. The molecule has 16 heavy (non-hydrogen) atoms. The van der Waals surface area contributed by atoms with Crippen molar-refractivity contribution in [3.05, 3.63) is 0 Å². The quantitative estimate of drug-likeness (QED) is 0.624. The second-order valence-corrected chi connectivity index (χ2v) is 4.69. The molecular weight excluding hydrogens is 206 g/mol. The Kier molecular flexibility index (Phi) is 4.73. The molecular formula is C11H21N3O2. The molecule has 0 aromatic carbocycles. The minimum atomic E-state index is -0.390. The van der Waals surface area contributed by atoms with Crippen molar-refractivity contribution in [2.45, 2.75) is 51.1 Å². The molecule has 0 spiro atoms. The lowest BCUT2D eigenvalue weighted by molar-refractivity contribution is -0.127. The summed E-state index contributed by atoms with van der Waals surface area (Å²) < 4.78 is 0. The Labute approximate surface area is 95.9 Å². The zero-order valence-electron chi connectivity index (χ0n) is 9.74. The fraction of sp³-hybridized carbons (Fsp3) is 0.818. The van der Waals surface area contributed by atoms with Crippen molar-refractivity contribution in [3.63, 3.8) is 0 Å². The first kappa shape index (κ1) is 13.0. The number of primary amides is 1. The fourth-order valence-electron chi connectivity index (χ4n) is 2.09. The van der Waals surface area contributed by atoms with Crippen molar-refractivity contribution in [2.24, 2.45) is 17.4 Å². The fourth-order valence-corrected chi connectivity index (χ4v) is 2.09. The maximum absolute atomic E-state index is 11.8. The van der Waals surface area contributed by atoms with Crippen molar-refractivity contribution in [1.82, 2.24) is 5.32 Å². The van der Waals surface area contributed by atoms with Gasteiger partial charge in [-0.25, -0.2) is 0 Å². The molecule has 1 rings (SSSR count). The maximum Gasteiger partial charge on any atom is 0.223 e. The van der Waals surface area contributed by atoms with Crippen LogP contribution in [0.2, 0.25) is 0 Å². The Hall–Kier alpha value is -1.10. The highest BCUT2D eigenvalue weighted by atomic mass is 16.2. The Morgan fingerprint density at radius 2 is 1.88 bits per heavy atom. The van der Waals surface area contributed by atoms with E-state index < -0.39 is 5.91 Å². The molecule has 5 nitrogen and oxygen atoms in total. The van der Waals surface area contributed by atoms with Crippen LogP contribution in [0.15, 0.2) is 0 Å². The largest absolute Gasteiger partial charge is 0.370 e. The number of nitrogens with two attached hydrogens (primary N) is 2. The van der Waals surface area contributed by atoms with E-state index in [2.05, 4.69) is 5.32 Å². The third-order valence-electron chi connectivity index (χ3n) is 3.04. The van der Waals surface area contributed by atoms with Gasteiger partial charge in [-0.2, -0.15) is 0 Å². The summed E-state index contributed by atoms with van der Waals surface area (Å²) in [6.07, 6.45) is 3.69. The third kappa shape index (κ3) is 4.18. The van der Waals surface area contributed by atoms with Crippen molar-refractivity contribution in [1.29, 1.82) is 0 Å². The van der Waals surface area contributed by atoms with Gasteiger partial charge >= 0.3 is 0 Å². The summed E-state index contributed by atoms with van der Waals surface area (Å²) in [6.45, 7) is 1.79. The molecule has 0 radical (unpaired) electrons. The number of rotatable bonds is 4. The van der Waals surface area contributed by atoms with Gasteiger partial charge in [0, 0.05) is 24.4 Å². The summed E-state index contributed by atoms with van der Waals surface area (Å²) in [6, 6.07) is 0.0627. The Balaban J connectivity index is 2.32. The monoisotopic (exact) mass is 227 g/mol. The molecule has 5 heteroatoms. The van der Waals surface area contributed by atoms with Crippen LogP contribution in [-0.2, 0) is 9.59 Å². The van der Waals surface area contributed by atoms with E-state index in [0.29, 0.717) is 0 Å². The summed E-state index contributed by atoms with van der Waals surface area (Å²) in [5, 5.41) is 2.82. The average Bonchev–Trinajstić information content (AvgIpc) is 2.16. The van der Waals surface area contributed by atoms with Gasteiger partial charge in [-0.15, -0.1) is 0 Å². The lowest BCUT2D eigenvalue weighted by atomic mass is 9.86. The smallest absolute Gasteiger partial charge is 0.223 e. The van der Waals surface area contributed by atoms with E-state index in [1.165, 1.54) is 0 Å². The van der Waals surface area contributed by atoms with Crippen LogP contribution in [0.1, 0.15) is 39.0 Å². The van der Waals surface area contributed by atoms with Gasteiger partial charge in [0.2, 0.25) is 11.8 Å². The summed E-state index contributed by atoms with van der Waals surface area (Å²) in [5.41, 5.74) is 10.8. The first-order valence-corrected chi connectivity index (χ1v) is 5.83. The van der Waals surface area contributed by atoms with Gasteiger partial charge in [-0.1, -0.05) is 0 Å². The lowest BCUT2D eigenvalue weighted by Gasteiger charge is -2.26. The van der Waals surface area contributed by atoms with Gasteiger partial charge in [-0.3, -0.25) is 9.59 Å². The first-order chi connectivity index (χ1) is 7.49. The van der Waals surface area contributed by atoms with Gasteiger partial charge in [0.25, 0.3) is 0 Å². The second-order valence-electron chi connectivity index (χ2n) is 4.69. The van der Waals surface area contributed by atoms with Crippen LogP contribution < -0.4 is 16.8 Å². The van der Waals surface area contributed by atoms with E-state index in [4.69, 9.17) is 11.5 Å². The molecule has 2 amide bonds. The molecule has 1 atom stereocenters. The van der Waals surface area contributed by atoms with Crippen LogP contribution in [-0.4, -0.2) is 23.9 Å². The van der Waals surface area contributed by atoms with Crippen LogP contribution in [0.3, 0.4) is 0 Å². The topological polar surface area (TPSA) is 98.2 Å². The molecule has 1 saturated carbocycles. The van der Waals surface area contributed by atoms with E-state index in [-0.39, 0.29) is 30.3 Å². The molecule has 92 valence electrons. The van der Waals surface area contributed by atoms with E-state index >= 15 is 0 Å².